The minimum atomic E-state index is 0.611. The molecule has 6 heteroatoms. The molecular formula is C14H11BrClNO2S. The summed E-state index contributed by atoms with van der Waals surface area (Å²) in [4.78, 5) is 5.36. The maximum Gasteiger partial charge on any atom is 0.162 e. The fourth-order valence-corrected chi connectivity index (χ4v) is 3.46. The molecule has 0 saturated carbocycles. The van der Waals surface area contributed by atoms with E-state index in [0.29, 0.717) is 18.2 Å². The maximum atomic E-state index is 5.89. The highest BCUT2D eigenvalue weighted by molar-refractivity contribution is 9.10. The zero-order valence-electron chi connectivity index (χ0n) is 10.4. The smallest absolute Gasteiger partial charge is 0.162 e. The van der Waals surface area contributed by atoms with E-state index in [4.69, 9.17) is 21.1 Å². The Balaban J connectivity index is 1.86. The zero-order valence-corrected chi connectivity index (χ0v) is 13.6. The molecule has 0 aliphatic carbocycles. The Bertz CT molecular complexity index is 639. The molecule has 20 heavy (non-hydrogen) atoms. The largest absolute Gasteiger partial charge is 0.490 e. The van der Waals surface area contributed by atoms with Gasteiger partial charge in [0.05, 0.1) is 22.7 Å². The van der Waals surface area contributed by atoms with E-state index in [1.54, 1.807) is 18.0 Å². The second kappa shape index (κ2) is 6.24. The van der Waals surface area contributed by atoms with Gasteiger partial charge in [-0.05, 0) is 40.2 Å². The number of halogens is 2. The van der Waals surface area contributed by atoms with Crippen LogP contribution in [0.2, 0.25) is 5.02 Å². The first kappa shape index (κ1) is 14.0. The van der Waals surface area contributed by atoms with Gasteiger partial charge in [0, 0.05) is 17.5 Å². The average molecular weight is 373 g/mol. The lowest BCUT2D eigenvalue weighted by atomic mass is 10.3. The van der Waals surface area contributed by atoms with Crippen LogP contribution in [-0.2, 0) is 0 Å². The standard InChI is InChI=1S/C14H11BrClNO2S/c15-11-6-9(16)8-17-14(11)20-10-2-3-12-13(7-10)19-5-1-4-18-12/h2-3,6-8H,1,4-5H2. The molecule has 0 fully saturated rings. The summed E-state index contributed by atoms with van der Waals surface area (Å²) in [7, 11) is 0. The van der Waals surface area contributed by atoms with Gasteiger partial charge in [0.15, 0.2) is 11.5 Å². The quantitative estimate of drug-likeness (QED) is 0.757. The summed E-state index contributed by atoms with van der Waals surface area (Å²) >= 11 is 10.9. The Labute approximate surface area is 134 Å². The molecule has 0 unspecified atom stereocenters. The molecule has 104 valence electrons. The van der Waals surface area contributed by atoms with Gasteiger partial charge >= 0.3 is 0 Å². The summed E-state index contributed by atoms with van der Waals surface area (Å²) in [6, 6.07) is 7.75. The van der Waals surface area contributed by atoms with Gasteiger partial charge in [-0.2, -0.15) is 0 Å². The van der Waals surface area contributed by atoms with Crippen LogP contribution in [0.25, 0.3) is 0 Å². The Morgan fingerprint density at radius 3 is 2.75 bits per heavy atom. The summed E-state index contributed by atoms with van der Waals surface area (Å²) in [5.74, 6) is 1.59. The molecule has 0 saturated heterocycles. The number of fused-ring (bicyclic) bond motifs is 1. The summed E-state index contributed by atoms with van der Waals surface area (Å²) in [6.07, 6.45) is 2.54. The highest BCUT2D eigenvalue weighted by Crippen LogP contribution is 2.38. The van der Waals surface area contributed by atoms with E-state index in [1.807, 2.05) is 24.3 Å². The summed E-state index contributed by atoms with van der Waals surface area (Å²) in [5.41, 5.74) is 0. The number of nitrogens with zero attached hydrogens (tertiary/aromatic N) is 1. The Hall–Kier alpha value is -0.910. The van der Waals surface area contributed by atoms with Crippen LogP contribution in [0.3, 0.4) is 0 Å². The summed E-state index contributed by atoms with van der Waals surface area (Å²) in [5, 5.41) is 1.48. The SMILES string of the molecule is Clc1cnc(Sc2ccc3c(c2)OCCCO3)c(Br)c1. The van der Waals surface area contributed by atoms with Gasteiger partial charge in [0.1, 0.15) is 5.03 Å². The van der Waals surface area contributed by atoms with Crippen LogP contribution < -0.4 is 9.47 Å². The van der Waals surface area contributed by atoms with E-state index in [2.05, 4.69) is 20.9 Å². The molecule has 1 aliphatic heterocycles. The lowest BCUT2D eigenvalue weighted by Crippen LogP contribution is -1.97. The number of rotatable bonds is 2. The second-order valence-electron chi connectivity index (χ2n) is 4.20. The lowest BCUT2D eigenvalue weighted by Gasteiger charge is -2.09. The van der Waals surface area contributed by atoms with E-state index in [-0.39, 0.29) is 0 Å². The van der Waals surface area contributed by atoms with Crippen molar-refractivity contribution in [1.29, 1.82) is 0 Å². The van der Waals surface area contributed by atoms with Gasteiger partial charge in [0.2, 0.25) is 0 Å². The van der Waals surface area contributed by atoms with Crippen LogP contribution in [0.4, 0.5) is 0 Å². The van der Waals surface area contributed by atoms with Crippen molar-refractivity contribution in [3.05, 3.63) is 40.0 Å². The van der Waals surface area contributed by atoms with Gasteiger partial charge in [-0.1, -0.05) is 23.4 Å². The Morgan fingerprint density at radius 2 is 1.95 bits per heavy atom. The average Bonchev–Trinajstić information content (AvgIpc) is 2.66. The predicted octanol–water partition coefficient (Wildman–Crippen LogP) is 4.81. The molecule has 1 aromatic carbocycles. The third-order valence-corrected chi connectivity index (χ3v) is 4.79. The number of ether oxygens (including phenoxy) is 2. The molecule has 1 aromatic heterocycles. The topological polar surface area (TPSA) is 31.4 Å². The van der Waals surface area contributed by atoms with Crippen LogP contribution in [0, 0.1) is 0 Å². The molecule has 0 radical (unpaired) electrons. The second-order valence-corrected chi connectivity index (χ2v) is 6.55. The molecule has 0 spiro atoms. The molecule has 3 rings (SSSR count). The maximum absolute atomic E-state index is 5.89. The summed E-state index contributed by atoms with van der Waals surface area (Å²) < 4.78 is 12.2. The molecule has 0 atom stereocenters. The first-order valence-electron chi connectivity index (χ1n) is 6.11. The molecule has 0 N–H and O–H groups in total. The molecule has 3 nitrogen and oxygen atoms in total. The molecule has 1 aliphatic rings. The van der Waals surface area contributed by atoms with Crippen molar-refractivity contribution in [2.24, 2.45) is 0 Å². The van der Waals surface area contributed by atoms with Gasteiger partial charge < -0.3 is 9.47 Å². The van der Waals surface area contributed by atoms with Crippen LogP contribution in [0.15, 0.2) is 44.9 Å². The Kier molecular flexibility index (Phi) is 4.38. The number of hydrogen-bond acceptors (Lipinski definition) is 4. The Morgan fingerprint density at radius 1 is 1.15 bits per heavy atom. The van der Waals surface area contributed by atoms with Crippen molar-refractivity contribution in [3.63, 3.8) is 0 Å². The third-order valence-electron chi connectivity index (χ3n) is 2.71. The molecule has 2 aromatic rings. The highest BCUT2D eigenvalue weighted by Gasteiger charge is 2.12. The highest BCUT2D eigenvalue weighted by atomic mass is 79.9. The van der Waals surface area contributed by atoms with Gasteiger partial charge in [0.25, 0.3) is 0 Å². The van der Waals surface area contributed by atoms with Crippen molar-refractivity contribution in [2.45, 2.75) is 16.3 Å². The third kappa shape index (κ3) is 3.22. The first-order valence-corrected chi connectivity index (χ1v) is 8.10. The fourth-order valence-electron chi connectivity index (χ4n) is 1.80. The van der Waals surface area contributed by atoms with Gasteiger partial charge in [-0.25, -0.2) is 4.98 Å². The van der Waals surface area contributed by atoms with Crippen LogP contribution in [0.5, 0.6) is 11.5 Å². The van der Waals surface area contributed by atoms with Crippen molar-refractivity contribution < 1.29 is 9.47 Å². The van der Waals surface area contributed by atoms with E-state index in [1.165, 1.54) is 0 Å². The first-order chi connectivity index (χ1) is 9.72. The van der Waals surface area contributed by atoms with Gasteiger partial charge in [-0.3, -0.25) is 0 Å². The summed E-state index contributed by atoms with van der Waals surface area (Å²) in [6.45, 7) is 1.38. The van der Waals surface area contributed by atoms with Crippen molar-refractivity contribution in [1.82, 2.24) is 4.98 Å². The number of hydrogen-bond donors (Lipinski definition) is 0. The van der Waals surface area contributed by atoms with E-state index in [9.17, 15) is 0 Å². The molecule has 2 heterocycles. The van der Waals surface area contributed by atoms with Crippen LogP contribution >= 0.6 is 39.3 Å². The lowest BCUT2D eigenvalue weighted by molar-refractivity contribution is 0.297. The number of pyridine rings is 1. The molecule has 0 bridgehead atoms. The minimum absolute atomic E-state index is 0.611. The molecular weight excluding hydrogens is 362 g/mol. The number of benzene rings is 1. The van der Waals surface area contributed by atoms with Crippen molar-refractivity contribution in [3.8, 4) is 11.5 Å². The zero-order chi connectivity index (χ0) is 13.9. The minimum Gasteiger partial charge on any atom is -0.490 e. The van der Waals surface area contributed by atoms with E-state index >= 15 is 0 Å². The van der Waals surface area contributed by atoms with E-state index in [0.717, 1.165) is 32.3 Å². The normalized spacial score (nSPS) is 13.9. The van der Waals surface area contributed by atoms with Crippen molar-refractivity contribution >= 4 is 39.3 Å². The van der Waals surface area contributed by atoms with E-state index < -0.39 is 0 Å². The predicted molar refractivity (Wildman–Crippen MR) is 83.1 cm³/mol. The molecule has 0 amide bonds. The van der Waals surface area contributed by atoms with Crippen LogP contribution in [-0.4, -0.2) is 18.2 Å². The van der Waals surface area contributed by atoms with Crippen LogP contribution in [0.1, 0.15) is 6.42 Å². The number of aromatic nitrogens is 1. The van der Waals surface area contributed by atoms with Crippen molar-refractivity contribution in [2.75, 3.05) is 13.2 Å². The van der Waals surface area contributed by atoms with Gasteiger partial charge in [-0.15, -0.1) is 0 Å². The monoisotopic (exact) mass is 371 g/mol. The fraction of sp³-hybridized carbons (Fsp3) is 0.214.